The highest BCUT2D eigenvalue weighted by Crippen LogP contribution is 2.48. The molecule has 160 valence electrons. The first-order valence-corrected chi connectivity index (χ1v) is 10.8. The van der Waals surface area contributed by atoms with Gasteiger partial charge in [0.15, 0.2) is 11.8 Å². The Kier molecular flexibility index (Phi) is 8.98. The van der Waals surface area contributed by atoms with E-state index in [4.69, 9.17) is 9.73 Å². The van der Waals surface area contributed by atoms with Crippen molar-refractivity contribution in [2.75, 3.05) is 13.2 Å². The van der Waals surface area contributed by atoms with Crippen LogP contribution in [0.5, 0.6) is 0 Å². The number of halogens is 1. The molecule has 2 atom stereocenters. The van der Waals surface area contributed by atoms with E-state index >= 15 is 0 Å². The van der Waals surface area contributed by atoms with Gasteiger partial charge in [0.1, 0.15) is 12.4 Å². The number of nitrogens with one attached hydrogen (secondary N) is 2. The lowest BCUT2D eigenvalue weighted by atomic mass is 9.58. The van der Waals surface area contributed by atoms with E-state index < -0.39 is 0 Å². The summed E-state index contributed by atoms with van der Waals surface area (Å²) in [4.78, 5) is 4.82. The Hall–Kier alpha value is -0.900. The highest BCUT2D eigenvalue weighted by atomic mass is 127. The Morgan fingerprint density at radius 2 is 2.00 bits per heavy atom. The lowest BCUT2D eigenvalue weighted by Crippen LogP contribution is -2.65. The largest absolute Gasteiger partial charge is 0.378 e. The van der Waals surface area contributed by atoms with Crippen LogP contribution in [-0.2, 0) is 24.2 Å². The normalized spacial score (nSPS) is 23.4. The predicted molar refractivity (Wildman–Crippen MR) is 123 cm³/mol. The van der Waals surface area contributed by atoms with Crippen LogP contribution in [0.25, 0.3) is 0 Å². The minimum Gasteiger partial charge on any atom is -0.378 e. The van der Waals surface area contributed by atoms with E-state index in [2.05, 4.69) is 53.1 Å². The molecule has 1 aliphatic heterocycles. The van der Waals surface area contributed by atoms with Gasteiger partial charge in [-0.05, 0) is 46.0 Å². The van der Waals surface area contributed by atoms with Crippen molar-refractivity contribution in [2.45, 2.75) is 91.5 Å². The third-order valence-corrected chi connectivity index (χ3v) is 6.44. The Balaban J connectivity index is 0.00000280. The molecule has 0 bridgehead atoms. The quantitative estimate of drug-likeness (QED) is 0.323. The molecule has 1 aromatic rings. The molecule has 2 heterocycles. The number of aromatic nitrogens is 3. The standard InChI is InChI=1S/C20H36N6O.HI/c1-5-20(6-2)15(13-16(20)27-8-4)23-19(21-7-3)22-14-18-25-24-17-11-9-10-12-26(17)18;/h15-16H,5-14H2,1-4H3,(H2,21,22,23);1H. The van der Waals surface area contributed by atoms with E-state index in [1.807, 2.05) is 0 Å². The lowest BCUT2D eigenvalue weighted by Gasteiger charge is -2.55. The van der Waals surface area contributed by atoms with E-state index in [9.17, 15) is 0 Å². The molecule has 2 unspecified atom stereocenters. The Bertz CT molecular complexity index is 643. The molecular weight excluding hydrogens is 467 g/mol. The summed E-state index contributed by atoms with van der Waals surface area (Å²) in [7, 11) is 0. The second kappa shape index (κ2) is 10.8. The minimum absolute atomic E-state index is 0. The molecular formula is C20H37IN6O. The maximum atomic E-state index is 6.01. The van der Waals surface area contributed by atoms with Gasteiger partial charge in [0.25, 0.3) is 0 Å². The van der Waals surface area contributed by atoms with E-state index in [0.29, 0.717) is 18.7 Å². The fourth-order valence-corrected chi connectivity index (χ4v) is 4.70. The monoisotopic (exact) mass is 504 g/mol. The highest BCUT2D eigenvalue weighted by molar-refractivity contribution is 14.0. The predicted octanol–water partition coefficient (Wildman–Crippen LogP) is 3.27. The van der Waals surface area contributed by atoms with Crippen molar-refractivity contribution in [2.24, 2.45) is 10.4 Å². The van der Waals surface area contributed by atoms with Crippen molar-refractivity contribution in [1.29, 1.82) is 0 Å². The van der Waals surface area contributed by atoms with E-state index in [0.717, 1.165) is 63.0 Å². The molecule has 0 aromatic carbocycles. The first-order valence-electron chi connectivity index (χ1n) is 10.8. The molecule has 0 radical (unpaired) electrons. The molecule has 1 aliphatic carbocycles. The van der Waals surface area contributed by atoms with Crippen LogP contribution in [0.1, 0.15) is 71.4 Å². The minimum atomic E-state index is 0. The van der Waals surface area contributed by atoms with Gasteiger partial charge in [-0.3, -0.25) is 0 Å². The third-order valence-electron chi connectivity index (χ3n) is 6.44. The summed E-state index contributed by atoms with van der Waals surface area (Å²) < 4.78 is 8.25. The summed E-state index contributed by atoms with van der Waals surface area (Å²) in [5.74, 6) is 2.95. The summed E-state index contributed by atoms with van der Waals surface area (Å²) in [6.07, 6.45) is 7.07. The number of rotatable bonds is 8. The zero-order valence-electron chi connectivity index (χ0n) is 17.8. The second-order valence-corrected chi connectivity index (χ2v) is 7.65. The molecule has 2 N–H and O–H groups in total. The van der Waals surface area contributed by atoms with Crippen LogP contribution in [0, 0.1) is 5.41 Å². The van der Waals surface area contributed by atoms with Crippen molar-refractivity contribution in [3.05, 3.63) is 11.6 Å². The van der Waals surface area contributed by atoms with E-state index in [1.165, 1.54) is 12.8 Å². The van der Waals surface area contributed by atoms with Gasteiger partial charge < -0.3 is 19.9 Å². The van der Waals surface area contributed by atoms with Crippen LogP contribution in [0.4, 0.5) is 0 Å². The lowest BCUT2D eigenvalue weighted by molar-refractivity contribution is -0.133. The van der Waals surface area contributed by atoms with Crippen LogP contribution in [0.15, 0.2) is 4.99 Å². The summed E-state index contributed by atoms with van der Waals surface area (Å²) in [6, 6.07) is 0.397. The van der Waals surface area contributed by atoms with E-state index in [-0.39, 0.29) is 29.4 Å². The van der Waals surface area contributed by atoms with Gasteiger partial charge in [-0.1, -0.05) is 13.8 Å². The van der Waals surface area contributed by atoms with Crippen molar-refractivity contribution in [3.8, 4) is 0 Å². The molecule has 7 nitrogen and oxygen atoms in total. The molecule has 28 heavy (non-hydrogen) atoms. The number of hydrogen-bond acceptors (Lipinski definition) is 4. The Morgan fingerprint density at radius 1 is 1.21 bits per heavy atom. The summed E-state index contributed by atoms with van der Waals surface area (Å²) in [6.45, 7) is 11.9. The number of ether oxygens (including phenoxy) is 1. The molecule has 2 aliphatic rings. The molecule has 1 saturated carbocycles. The first kappa shape index (κ1) is 23.4. The number of nitrogens with zero attached hydrogens (tertiary/aromatic N) is 4. The summed E-state index contributed by atoms with van der Waals surface area (Å²) in [5.41, 5.74) is 0.195. The smallest absolute Gasteiger partial charge is 0.191 e. The third kappa shape index (κ3) is 4.63. The molecule has 8 heteroatoms. The summed E-state index contributed by atoms with van der Waals surface area (Å²) >= 11 is 0. The van der Waals surface area contributed by atoms with Gasteiger partial charge in [0.2, 0.25) is 0 Å². The van der Waals surface area contributed by atoms with Crippen LogP contribution in [0.3, 0.4) is 0 Å². The van der Waals surface area contributed by atoms with Crippen LogP contribution >= 0.6 is 24.0 Å². The number of aryl methyl sites for hydroxylation is 1. The van der Waals surface area contributed by atoms with Crippen LogP contribution in [0.2, 0.25) is 0 Å². The topological polar surface area (TPSA) is 76.4 Å². The van der Waals surface area contributed by atoms with Crippen molar-refractivity contribution >= 4 is 29.9 Å². The molecule has 1 aromatic heterocycles. The van der Waals surface area contributed by atoms with Gasteiger partial charge in [-0.2, -0.15) is 0 Å². The molecule has 0 saturated heterocycles. The van der Waals surface area contributed by atoms with Gasteiger partial charge in [-0.25, -0.2) is 4.99 Å². The SMILES string of the molecule is CCNC(=NCc1nnc2n1CCCC2)NC1CC(OCC)C1(CC)CC.I. The number of hydrogen-bond donors (Lipinski definition) is 2. The maximum absolute atomic E-state index is 6.01. The fourth-order valence-electron chi connectivity index (χ4n) is 4.70. The number of fused-ring (bicyclic) bond motifs is 1. The van der Waals surface area contributed by atoms with E-state index in [1.54, 1.807) is 0 Å². The molecule has 0 spiro atoms. The van der Waals surface area contributed by atoms with Gasteiger partial charge in [0.05, 0.1) is 6.10 Å². The van der Waals surface area contributed by atoms with Crippen LogP contribution < -0.4 is 10.6 Å². The van der Waals surface area contributed by atoms with Gasteiger partial charge in [-0.15, -0.1) is 34.2 Å². The van der Waals surface area contributed by atoms with Gasteiger partial charge >= 0.3 is 0 Å². The van der Waals surface area contributed by atoms with Crippen LogP contribution in [-0.4, -0.2) is 46.0 Å². The summed E-state index contributed by atoms with van der Waals surface area (Å²) in [5, 5.41) is 15.8. The zero-order chi connectivity index (χ0) is 19.3. The average Bonchev–Trinajstić information content (AvgIpc) is 3.09. The van der Waals surface area contributed by atoms with Gasteiger partial charge in [0, 0.05) is 37.6 Å². The Labute approximate surface area is 186 Å². The second-order valence-electron chi connectivity index (χ2n) is 7.65. The van der Waals surface area contributed by atoms with Crippen molar-refractivity contribution in [3.63, 3.8) is 0 Å². The van der Waals surface area contributed by atoms with Crippen molar-refractivity contribution in [1.82, 2.24) is 25.4 Å². The fraction of sp³-hybridized carbons (Fsp3) is 0.850. The highest BCUT2D eigenvalue weighted by Gasteiger charge is 2.53. The number of aliphatic imine (C=N–C) groups is 1. The maximum Gasteiger partial charge on any atom is 0.191 e. The molecule has 0 amide bonds. The first-order chi connectivity index (χ1) is 13.2. The average molecular weight is 504 g/mol. The molecule has 1 fully saturated rings. The van der Waals surface area contributed by atoms with Crippen molar-refractivity contribution < 1.29 is 4.74 Å². The number of guanidine groups is 1. The Morgan fingerprint density at radius 3 is 2.68 bits per heavy atom. The zero-order valence-corrected chi connectivity index (χ0v) is 20.2. The molecule has 3 rings (SSSR count).